The van der Waals surface area contributed by atoms with Crippen molar-refractivity contribution in [2.45, 2.75) is 20.3 Å². The molecule has 0 unspecified atom stereocenters. The van der Waals surface area contributed by atoms with E-state index in [0.29, 0.717) is 30.6 Å². The summed E-state index contributed by atoms with van der Waals surface area (Å²) in [4.78, 5) is 25.3. The van der Waals surface area contributed by atoms with Gasteiger partial charge in [-0.15, -0.1) is 0 Å². The van der Waals surface area contributed by atoms with E-state index in [9.17, 15) is 9.59 Å². The molecule has 84 valence electrons. The van der Waals surface area contributed by atoms with E-state index in [1.165, 1.54) is 0 Å². The van der Waals surface area contributed by atoms with Crippen LogP contribution in [-0.4, -0.2) is 29.7 Å². The largest absolute Gasteiger partial charge is 0.339 e. The minimum atomic E-state index is -0.0325. The highest BCUT2D eigenvalue weighted by Crippen LogP contribution is 2.27. The lowest BCUT2D eigenvalue weighted by atomic mass is 9.83. The van der Waals surface area contributed by atoms with Crippen LogP contribution in [0, 0.1) is 0 Å². The summed E-state index contributed by atoms with van der Waals surface area (Å²) in [6.45, 7) is 5.23. The van der Waals surface area contributed by atoms with Crippen molar-refractivity contribution >= 4 is 11.7 Å². The number of ketones is 1. The van der Waals surface area contributed by atoms with Gasteiger partial charge in [0.05, 0.1) is 5.56 Å². The van der Waals surface area contributed by atoms with Crippen LogP contribution in [0.5, 0.6) is 0 Å². The fraction of sp³-hybridized carbons (Fsp3) is 0.385. The van der Waals surface area contributed by atoms with Gasteiger partial charge in [-0.1, -0.05) is 12.1 Å². The molecule has 0 spiro atoms. The van der Waals surface area contributed by atoms with Crippen LogP contribution < -0.4 is 0 Å². The summed E-state index contributed by atoms with van der Waals surface area (Å²) >= 11 is 0. The first-order chi connectivity index (χ1) is 7.69. The minimum absolute atomic E-state index is 0.0325. The zero-order valence-electron chi connectivity index (χ0n) is 9.62. The van der Waals surface area contributed by atoms with Crippen molar-refractivity contribution in [1.82, 2.24) is 4.90 Å². The second-order valence-electron chi connectivity index (χ2n) is 3.92. The number of rotatable bonds is 3. The van der Waals surface area contributed by atoms with E-state index in [1.54, 1.807) is 11.0 Å². The molecule has 3 nitrogen and oxygen atoms in total. The molecule has 0 saturated heterocycles. The van der Waals surface area contributed by atoms with E-state index in [-0.39, 0.29) is 11.7 Å². The summed E-state index contributed by atoms with van der Waals surface area (Å²) in [5, 5.41) is 0. The Kier molecular flexibility index (Phi) is 2.77. The number of hydrogen-bond donors (Lipinski definition) is 0. The van der Waals surface area contributed by atoms with Crippen molar-refractivity contribution in [3.05, 3.63) is 34.9 Å². The van der Waals surface area contributed by atoms with E-state index in [2.05, 4.69) is 0 Å². The highest BCUT2D eigenvalue weighted by molar-refractivity contribution is 6.14. The number of nitrogens with zero attached hydrogens (tertiary/aromatic N) is 1. The molecule has 0 heterocycles. The molecule has 0 atom stereocenters. The summed E-state index contributed by atoms with van der Waals surface area (Å²) in [6.07, 6.45) is 0.481. The quantitative estimate of drug-likeness (QED) is 0.775. The molecule has 0 radical (unpaired) electrons. The maximum atomic E-state index is 12.1. The van der Waals surface area contributed by atoms with Crippen molar-refractivity contribution in [1.29, 1.82) is 0 Å². The Balaban J connectivity index is 2.38. The third-order valence-corrected chi connectivity index (χ3v) is 3.06. The number of amides is 1. The fourth-order valence-electron chi connectivity index (χ4n) is 2.09. The lowest BCUT2D eigenvalue weighted by Gasteiger charge is -2.24. The first-order valence-corrected chi connectivity index (χ1v) is 5.63. The van der Waals surface area contributed by atoms with Crippen LogP contribution in [0.1, 0.15) is 40.1 Å². The minimum Gasteiger partial charge on any atom is -0.339 e. The number of fused-ring (bicyclic) bond motifs is 1. The Morgan fingerprint density at radius 2 is 2.00 bits per heavy atom. The summed E-state index contributed by atoms with van der Waals surface area (Å²) in [5.74, 6) is 0.0565. The lowest BCUT2D eigenvalue weighted by molar-refractivity contribution is 0.0764. The Morgan fingerprint density at radius 3 is 2.56 bits per heavy atom. The first kappa shape index (κ1) is 10.9. The topological polar surface area (TPSA) is 37.4 Å². The highest BCUT2D eigenvalue weighted by Gasteiger charge is 2.29. The Bertz CT molecular complexity index is 447. The monoisotopic (exact) mass is 217 g/mol. The zero-order valence-corrected chi connectivity index (χ0v) is 9.62. The van der Waals surface area contributed by atoms with Crippen molar-refractivity contribution in [2.24, 2.45) is 0 Å². The molecule has 1 amide bonds. The molecule has 2 rings (SSSR count). The summed E-state index contributed by atoms with van der Waals surface area (Å²) < 4.78 is 0. The van der Waals surface area contributed by atoms with Gasteiger partial charge in [-0.05, 0) is 25.5 Å². The van der Waals surface area contributed by atoms with E-state index in [0.717, 1.165) is 5.56 Å². The molecular formula is C13H15NO2. The molecule has 3 heteroatoms. The number of hydrogen-bond acceptors (Lipinski definition) is 2. The third-order valence-electron chi connectivity index (χ3n) is 3.06. The standard InChI is InChI=1S/C13H15NO2/c1-3-14(4-2)13(16)10-7-5-6-9-8-11(15)12(9)10/h5-7H,3-4,8H2,1-2H3. The van der Waals surface area contributed by atoms with Gasteiger partial charge in [0.2, 0.25) is 0 Å². The molecule has 16 heavy (non-hydrogen) atoms. The van der Waals surface area contributed by atoms with Crippen LogP contribution in [0.3, 0.4) is 0 Å². The second-order valence-corrected chi connectivity index (χ2v) is 3.92. The maximum Gasteiger partial charge on any atom is 0.254 e. The predicted molar refractivity (Wildman–Crippen MR) is 61.7 cm³/mol. The molecule has 0 aliphatic heterocycles. The van der Waals surface area contributed by atoms with Crippen LogP contribution >= 0.6 is 0 Å². The van der Waals surface area contributed by atoms with Crippen LogP contribution in [-0.2, 0) is 6.42 Å². The normalized spacial score (nSPS) is 13.0. The molecular weight excluding hydrogens is 202 g/mol. The molecule has 1 aromatic carbocycles. The second kappa shape index (κ2) is 4.08. The van der Waals surface area contributed by atoms with Crippen molar-refractivity contribution < 1.29 is 9.59 Å². The van der Waals surface area contributed by atoms with Gasteiger partial charge in [-0.2, -0.15) is 0 Å². The summed E-state index contributed by atoms with van der Waals surface area (Å²) in [6, 6.07) is 5.51. The van der Waals surface area contributed by atoms with E-state index >= 15 is 0 Å². The number of carbonyl (C=O) groups excluding carboxylic acids is 2. The average molecular weight is 217 g/mol. The zero-order chi connectivity index (χ0) is 11.7. The molecule has 1 aliphatic carbocycles. The Hall–Kier alpha value is -1.64. The van der Waals surface area contributed by atoms with E-state index < -0.39 is 0 Å². The molecule has 0 saturated carbocycles. The van der Waals surface area contributed by atoms with Crippen molar-refractivity contribution in [3.8, 4) is 0 Å². The molecule has 1 aromatic rings. The van der Waals surface area contributed by atoms with Gasteiger partial charge in [0.25, 0.3) is 5.91 Å². The predicted octanol–water partition coefficient (Wildman–Crippen LogP) is 1.91. The lowest BCUT2D eigenvalue weighted by Crippen LogP contribution is -2.34. The van der Waals surface area contributed by atoms with E-state index in [1.807, 2.05) is 26.0 Å². The van der Waals surface area contributed by atoms with Gasteiger partial charge in [-0.3, -0.25) is 9.59 Å². The fourth-order valence-corrected chi connectivity index (χ4v) is 2.09. The Morgan fingerprint density at radius 1 is 1.31 bits per heavy atom. The van der Waals surface area contributed by atoms with Crippen LogP contribution in [0.25, 0.3) is 0 Å². The van der Waals surface area contributed by atoms with Gasteiger partial charge in [0.1, 0.15) is 0 Å². The highest BCUT2D eigenvalue weighted by atomic mass is 16.2. The smallest absolute Gasteiger partial charge is 0.254 e. The van der Waals surface area contributed by atoms with Crippen LogP contribution in [0.4, 0.5) is 0 Å². The van der Waals surface area contributed by atoms with Gasteiger partial charge in [0.15, 0.2) is 5.78 Å². The molecule has 0 aromatic heterocycles. The maximum absolute atomic E-state index is 12.1. The molecule has 0 N–H and O–H groups in total. The summed E-state index contributed by atoms with van der Waals surface area (Å²) in [5.41, 5.74) is 2.21. The Labute approximate surface area is 95.1 Å². The van der Waals surface area contributed by atoms with Crippen LogP contribution in [0.2, 0.25) is 0 Å². The number of carbonyl (C=O) groups is 2. The molecule has 0 bridgehead atoms. The van der Waals surface area contributed by atoms with Gasteiger partial charge < -0.3 is 4.90 Å². The van der Waals surface area contributed by atoms with Crippen LogP contribution in [0.15, 0.2) is 18.2 Å². The molecule has 1 aliphatic rings. The van der Waals surface area contributed by atoms with Gasteiger partial charge in [0, 0.05) is 25.1 Å². The number of Topliss-reactive ketones (excluding diaryl/α,β-unsaturated/α-hetero) is 1. The van der Waals surface area contributed by atoms with Gasteiger partial charge >= 0.3 is 0 Å². The molecule has 0 fully saturated rings. The van der Waals surface area contributed by atoms with E-state index in [4.69, 9.17) is 0 Å². The SMILES string of the molecule is CCN(CC)C(=O)c1cccc2c1C(=O)C2. The van der Waals surface area contributed by atoms with Gasteiger partial charge in [-0.25, -0.2) is 0 Å². The average Bonchev–Trinajstić information content (AvgIpc) is 2.28. The summed E-state index contributed by atoms with van der Waals surface area (Å²) in [7, 11) is 0. The number of benzene rings is 1. The van der Waals surface area contributed by atoms with Crippen molar-refractivity contribution in [3.63, 3.8) is 0 Å². The van der Waals surface area contributed by atoms with Crippen molar-refractivity contribution in [2.75, 3.05) is 13.1 Å². The first-order valence-electron chi connectivity index (χ1n) is 5.63. The third kappa shape index (κ3) is 1.52.